The third kappa shape index (κ3) is 3.49. The largest absolute Gasteiger partial charge is 0.390 e. The van der Waals surface area contributed by atoms with Gasteiger partial charge < -0.3 is 25.8 Å². The highest BCUT2D eigenvalue weighted by atomic mass is 16.3. The average Bonchev–Trinajstić information content (AvgIpc) is 3.52. The SMILES string of the molecule is CCC1Cc2cc3ccc(CC[C@H]4C[C@@H](n5ccc6c(N)ncnc65)[C@H](O)[C@@H]4O)cc3nc2N1. The molecular weight excluding hydrogens is 428 g/mol. The number of fused-ring (bicyclic) bond motifs is 3. The summed E-state index contributed by atoms with van der Waals surface area (Å²) in [6, 6.07) is 10.8. The number of hydrogen-bond acceptors (Lipinski definition) is 7. The minimum Gasteiger partial charge on any atom is -0.390 e. The molecule has 3 aromatic heterocycles. The van der Waals surface area contributed by atoms with Crippen LogP contribution in [0, 0.1) is 5.92 Å². The molecule has 2 aliphatic rings. The van der Waals surface area contributed by atoms with E-state index in [1.165, 1.54) is 17.5 Å². The molecule has 0 bridgehead atoms. The second-order valence-electron chi connectivity index (χ2n) is 9.78. The number of hydrogen-bond donors (Lipinski definition) is 4. The fourth-order valence-electron chi connectivity index (χ4n) is 5.72. The van der Waals surface area contributed by atoms with Gasteiger partial charge in [-0.1, -0.05) is 19.1 Å². The van der Waals surface area contributed by atoms with E-state index in [0.29, 0.717) is 23.9 Å². The molecule has 0 saturated heterocycles. The predicted octanol–water partition coefficient (Wildman–Crippen LogP) is 3.22. The number of aliphatic hydroxyl groups is 2. The molecule has 8 nitrogen and oxygen atoms in total. The second-order valence-corrected chi connectivity index (χ2v) is 9.78. The predicted molar refractivity (Wildman–Crippen MR) is 133 cm³/mol. The van der Waals surface area contributed by atoms with Crippen LogP contribution >= 0.6 is 0 Å². The van der Waals surface area contributed by atoms with Crippen molar-refractivity contribution in [3.05, 3.63) is 54.0 Å². The van der Waals surface area contributed by atoms with Crippen LogP contribution in [0.5, 0.6) is 0 Å². The van der Waals surface area contributed by atoms with Crippen molar-refractivity contribution in [2.45, 2.75) is 63.3 Å². The Balaban J connectivity index is 1.18. The number of nitrogens with two attached hydrogens (primary N) is 1. The van der Waals surface area contributed by atoms with Gasteiger partial charge in [-0.15, -0.1) is 0 Å². The first kappa shape index (κ1) is 21.3. The van der Waals surface area contributed by atoms with Crippen molar-refractivity contribution in [2.75, 3.05) is 11.1 Å². The summed E-state index contributed by atoms with van der Waals surface area (Å²) in [6.45, 7) is 2.20. The number of anilines is 2. The second kappa shape index (κ2) is 8.21. The lowest BCUT2D eigenvalue weighted by atomic mass is 9.95. The molecule has 1 unspecified atom stereocenters. The molecule has 1 aromatic carbocycles. The summed E-state index contributed by atoms with van der Waals surface area (Å²) in [7, 11) is 0. The molecular formula is C26H30N6O2. The van der Waals surface area contributed by atoms with Gasteiger partial charge in [-0.3, -0.25) is 0 Å². The number of aromatic nitrogens is 4. The van der Waals surface area contributed by atoms with Crippen molar-refractivity contribution in [2.24, 2.45) is 5.92 Å². The molecule has 1 aliphatic carbocycles. The molecule has 4 heterocycles. The number of nitrogens with zero attached hydrogens (tertiary/aromatic N) is 4. The number of aliphatic hydroxyl groups excluding tert-OH is 2. The van der Waals surface area contributed by atoms with E-state index in [9.17, 15) is 10.2 Å². The lowest BCUT2D eigenvalue weighted by molar-refractivity contribution is 0.00545. The molecule has 176 valence electrons. The molecule has 6 rings (SSSR count). The Kier molecular flexibility index (Phi) is 5.15. The normalized spacial score (nSPS) is 26.3. The zero-order chi connectivity index (χ0) is 23.4. The van der Waals surface area contributed by atoms with Gasteiger partial charge in [-0.05, 0) is 67.3 Å². The van der Waals surface area contributed by atoms with Gasteiger partial charge in [-0.25, -0.2) is 15.0 Å². The van der Waals surface area contributed by atoms with Gasteiger partial charge in [0.15, 0.2) is 0 Å². The Morgan fingerprint density at radius 1 is 1.15 bits per heavy atom. The van der Waals surface area contributed by atoms with E-state index in [1.54, 1.807) is 0 Å². The molecule has 8 heteroatoms. The first-order valence-corrected chi connectivity index (χ1v) is 12.1. The molecule has 0 amide bonds. The van der Waals surface area contributed by atoms with E-state index in [1.807, 2.05) is 16.8 Å². The summed E-state index contributed by atoms with van der Waals surface area (Å²) in [4.78, 5) is 13.3. The third-order valence-electron chi connectivity index (χ3n) is 7.73. The molecule has 5 atom stereocenters. The van der Waals surface area contributed by atoms with E-state index >= 15 is 0 Å². The van der Waals surface area contributed by atoms with Crippen LogP contribution in [0.15, 0.2) is 42.9 Å². The first-order chi connectivity index (χ1) is 16.5. The molecule has 0 radical (unpaired) electrons. The van der Waals surface area contributed by atoms with Crippen molar-refractivity contribution in [1.29, 1.82) is 0 Å². The van der Waals surface area contributed by atoms with E-state index < -0.39 is 12.2 Å². The Labute approximate surface area is 197 Å². The Morgan fingerprint density at radius 3 is 2.88 bits per heavy atom. The van der Waals surface area contributed by atoms with Crippen molar-refractivity contribution in [3.8, 4) is 0 Å². The van der Waals surface area contributed by atoms with E-state index in [4.69, 9.17) is 10.7 Å². The summed E-state index contributed by atoms with van der Waals surface area (Å²) < 4.78 is 1.93. The molecule has 1 aliphatic heterocycles. The average molecular weight is 459 g/mol. The zero-order valence-electron chi connectivity index (χ0n) is 19.2. The summed E-state index contributed by atoms with van der Waals surface area (Å²) in [6.07, 6.45) is 6.10. The number of nitrogen functional groups attached to an aromatic ring is 1. The fourth-order valence-corrected chi connectivity index (χ4v) is 5.72. The zero-order valence-corrected chi connectivity index (χ0v) is 19.2. The van der Waals surface area contributed by atoms with Crippen molar-refractivity contribution < 1.29 is 10.2 Å². The number of aryl methyl sites for hydroxylation is 1. The minimum atomic E-state index is -0.852. The monoisotopic (exact) mass is 458 g/mol. The fraction of sp³-hybridized carbons (Fsp3) is 0.423. The topological polar surface area (TPSA) is 122 Å². The first-order valence-electron chi connectivity index (χ1n) is 12.1. The number of benzene rings is 1. The van der Waals surface area contributed by atoms with Crippen LogP contribution in [-0.4, -0.2) is 48.0 Å². The summed E-state index contributed by atoms with van der Waals surface area (Å²) in [5, 5.41) is 27.1. The Hall–Kier alpha value is -3.23. The quantitative estimate of drug-likeness (QED) is 0.362. The van der Waals surface area contributed by atoms with Gasteiger partial charge >= 0.3 is 0 Å². The van der Waals surface area contributed by atoms with Gasteiger partial charge in [-0.2, -0.15) is 0 Å². The van der Waals surface area contributed by atoms with Crippen molar-refractivity contribution in [1.82, 2.24) is 19.5 Å². The van der Waals surface area contributed by atoms with Gasteiger partial charge in [0.1, 0.15) is 29.7 Å². The summed E-state index contributed by atoms with van der Waals surface area (Å²) in [5.74, 6) is 1.42. The Bertz CT molecular complexity index is 1370. The van der Waals surface area contributed by atoms with E-state index in [-0.39, 0.29) is 12.0 Å². The van der Waals surface area contributed by atoms with Gasteiger partial charge in [0.2, 0.25) is 0 Å². The number of rotatable bonds is 5. The van der Waals surface area contributed by atoms with Gasteiger partial charge in [0, 0.05) is 17.6 Å². The maximum absolute atomic E-state index is 10.8. The van der Waals surface area contributed by atoms with Crippen molar-refractivity contribution in [3.63, 3.8) is 0 Å². The lowest BCUT2D eigenvalue weighted by Crippen LogP contribution is -2.29. The van der Waals surface area contributed by atoms with Crippen LogP contribution in [0.3, 0.4) is 0 Å². The van der Waals surface area contributed by atoms with Crippen LogP contribution in [0.4, 0.5) is 11.6 Å². The van der Waals surface area contributed by atoms with Crippen LogP contribution in [0.1, 0.15) is 43.4 Å². The summed E-state index contributed by atoms with van der Waals surface area (Å²) >= 11 is 0. The molecule has 1 fully saturated rings. The minimum absolute atomic E-state index is 0.00714. The van der Waals surface area contributed by atoms with Crippen LogP contribution in [0.2, 0.25) is 0 Å². The highest BCUT2D eigenvalue weighted by Crippen LogP contribution is 2.40. The maximum atomic E-state index is 10.8. The Morgan fingerprint density at radius 2 is 2.03 bits per heavy atom. The van der Waals surface area contributed by atoms with Gasteiger partial charge in [0.25, 0.3) is 0 Å². The molecule has 0 spiro atoms. The molecule has 4 aromatic rings. The lowest BCUT2D eigenvalue weighted by Gasteiger charge is -2.19. The molecule has 5 N–H and O–H groups in total. The maximum Gasteiger partial charge on any atom is 0.145 e. The number of pyridine rings is 1. The highest BCUT2D eigenvalue weighted by molar-refractivity contribution is 5.86. The van der Waals surface area contributed by atoms with Crippen molar-refractivity contribution >= 4 is 33.6 Å². The summed E-state index contributed by atoms with van der Waals surface area (Å²) in [5.41, 5.74) is 10.2. The van der Waals surface area contributed by atoms with E-state index in [2.05, 4.69) is 46.5 Å². The third-order valence-corrected chi connectivity index (χ3v) is 7.73. The number of nitrogens with one attached hydrogen (secondary N) is 1. The van der Waals surface area contributed by atoms with Crippen LogP contribution in [-0.2, 0) is 12.8 Å². The molecule has 1 saturated carbocycles. The van der Waals surface area contributed by atoms with Crippen LogP contribution in [0.25, 0.3) is 21.9 Å². The van der Waals surface area contributed by atoms with E-state index in [0.717, 1.165) is 47.8 Å². The smallest absolute Gasteiger partial charge is 0.145 e. The van der Waals surface area contributed by atoms with Crippen LogP contribution < -0.4 is 11.1 Å². The molecule has 34 heavy (non-hydrogen) atoms. The standard InChI is InChI=1S/C26H30N6O2/c1-2-18-11-17-10-15-5-3-14(9-20(15)31-25(17)30-18)4-6-16-12-21(23(34)22(16)33)32-8-7-19-24(27)28-13-29-26(19)32/h3,5,7-10,13,16,18,21-23,33-34H,2,4,6,11-12H2,1H3,(H,30,31)(H2,27,28,29)/t16-,18?,21+,22+,23-/m0/s1. The van der Waals surface area contributed by atoms with Gasteiger partial charge in [0.05, 0.1) is 23.0 Å². The highest BCUT2D eigenvalue weighted by Gasteiger charge is 2.42.